The van der Waals surface area contributed by atoms with Crippen LogP contribution < -0.4 is 27.2 Å². The van der Waals surface area contributed by atoms with Gasteiger partial charge in [-0.3, -0.25) is 14.6 Å². The molecular weight excluding hydrogens is 627 g/mol. The van der Waals surface area contributed by atoms with Crippen molar-refractivity contribution in [3.63, 3.8) is 0 Å². The Balaban J connectivity index is 1.41. The molecule has 3 aromatic carbocycles. The Morgan fingerprint density at radius 1 is 1.04 bits per heavy atom. The van der Waals surface area contributed by atoms with Gasteiger partial charge in [-0.15, -0.1) is 0 Å². The van der Waals surface area contributed by atoms with Gasteiger partial charge in [-0.2, -0.15) is 0 Å². The van der Waals surface area contributed by atoms with E-state index in [1.165, 1.54) is 23.3 Å². The number of nitrogens with two attached hydrogens (primary N) is 2. The van der Waals surface area contributed by atoms with Crippen LogP contribution >= 0.6 is 23.2 Å². The molecule has 10 nitrogen and oxygen atoms in total. The van der Waals surface area contributed by atoms with Crippen LogP contribution in [0.1, 0.15) is 40.7 Å². The third kappa shape index (κ3) is 8.08. The highest BCUT2D eigenvalue weighted by atomic mass is 35.5. The first-order valence-corrected chi connectivity index (χ1v) is 15.4. The minimum atomic E-state index is -1.05. The number of carboxylic acids is 1. The van der Waals surface area contributed by atoms with E-state index in [1.807, 2.05) is 35.2 Å². The third-order valence-corrected chi connectivity index (χ3v) is 8.19. The van der Waals surface area contributed by atoms with E-state index in [-0.39, 0.29) is 28.5 Å². The number of benzene rings is 3. The highest BCUT2D eigenvalue weighted by Gasteiger charge is 2.31. The maximum absolute atomic E-state index is 13.9. The van der Waals surface area contributed by atoms with Gasteiger partial charge in [0.2, 0.25) is 11.8 Å². The molecule has 238 valence electrons. The van der Waals surface area contributed by atoms with E-state index in [4.69, 9.17) is 34.8 Å². The zero-order valence-corrected chi connectivity index (χ0v) is 26.4. The molecule has 0 saturated heterocycles. The van der Waals surface area contributed by atoms with Gasteiger partial charge in [0.25, 0.3) is 0 Å². The zero-order valence-electron chi connectivity index (χ0n) is 24.9. The molecule has 3 aromatic rings. The van der Waals surface area contributed by atoms with Gasteiger partial charge in [-0.1, -0.05) is 41.9 Å². The number of rotatable bonds is 11. The largest absolute Gasteiger partial charge is 0.478 e. The number of hydrogen-bond acceptors (Lipinski definition) is 7. The molecule has 0 radical (unpaired) electrons. The summed E-state index contributed by atoms with van der Waals surface area (Å²) in [4.78, 5) is 39.3. The predicted octanol–water partition coefficient (Wildman–Crippen LogP) is 5.92. The monoisotopic (exact) mass is 660 g/mol. The molecule has 0 aromatic heterocycles. The highest BCUT2D eigenvalue weighted by Crippen LogP contribution is 2.36. The Morgan fingerprint density at radius 3 is 2.30 bits per heavy atom. The first-order valence-electron chi connectivity index (χ1n) is 14.7. The molecule has 2 aliphatic rings. The lowest BCUT2D eigenvalue weighted by atomic mass is 9.94. The number of allylic oxidation sites excluding steroid dienone is 1. The van der Waals surface area contributed by atoms with Gasteiger partial charge in [-0.25, -0.2) is 10.6 Å². The van der Waals surface area contributed by atoms with Crippen molar-refractivity contribution in [3.8, 4) is 0 Å². The van der Waals surface area contributed by atoms with E-state index < -0.39 is 12.0 Å². The fourth-order valence-corrected chi connectivity index (χ4v) is 5.58. The van der Waals surface area contributed by atoms with Crippen molar-refractivity contribution in [3.05, 3.63) is 118 Å². The molecule has 1 heterocycles. The second-order valence-corrected chi connectivity index (χ2v) is 12.1. The van der Waals surface area contributed by atoms with Crippen molar-refractivity contribution < 1.29 is 19.5 Å². The molecular formula is C34H34Cl2N6O4. The number of anilines is 3. The lowest BCUT2D eigenvalue weighted by Crippen LogP contribution is -2.46. The Morgan fingerprint density at radius 2 is 1.70 bits per heavy atom. The van der Waals surface area contributed by atoms with Crippen molar-refractivity contribution in [1.82, 2.24) is 4.90 Å². The number of nitrogens with one attached hydrogen (secondary N) is 2. The number of aromatic carboxylic acids is 1. The van der Waals surface area contributed by atoms with Crippen molar-refractivity contribution in [2.45, 2.75) is 31.7 Å². The number of hydrazine groups is 1. The fraction of sp³-hybridized carbons (Fsp3) is 0.206. The number of carbonyl (C=O) groups excluding carboxylic acids is 2. The van der Waals surface area contributed by atoms with Crippen LogP contribution in [-0.4, -0.2) is 40.4 Å². The van der Waals surface area contributed by atoms with Crippen LogP contribution in [0.5, 0.6) is 0 Å². The number of halogens is 2. The van der Waals surface area contributed by atoms with Crippen molar-refractivity contribution in [1.29, 1.82) is 0 Å². The lowest BCUT2D eigenvalue weighted by molar-refractivity contribution is -0.120. The van der Waals surface area contributed by atoms with Gasteiger partial charge < -0.3 is 26.4 Å². The standard InChI is InChI=1S/C34H34Cl2N6O4/c1-20-16-24(28-18-25(35)8-13-29(28)42(38)19-31(36)37)14-15-41(20)30(33(44)40-27-11-6-23(7-12-27)34(45)46)17-21-2-9-26(10-3-21)39-32(43)22-4-5-22/h2-3,6-13,16,18-19,22,30H,1,4-5,14-15,17,37-38H2,(H,39,43)(H,40,44)(H,45,46)/b31-19-. The molecule has 1 fully saturated rings. The molecule has 1 unspecified atom stereocenters. The molecule has 1 aliphatic carbocycles. The smallest absolute Gasteiger partial charge is 0.335 e. The van der Waals surface area contributed by atoms with Gasteiger partial charge >= 0.3 is 5.97 Å². The second-order valence-electron chi connectivity index (χ2n) is 11.2. The molecule has 0 spiro atoms. The van der Waals surface area contributed by atoms with Crippen LogP contribution in [0.15, 0.2) is 96.4 Å². The van der Waals surface area contributed by atoms with E-state index in [0.717, 1.165) is 29.5 Å². The summed E-state index contributed by atoms with van der Waals surface area (Å²) in [6, 6.07) is 18.1. The van der Waals surface area contributed by atoms with E-state index >= 15 is 0 Å². The van der Waals surface area contributed by atoms with Crippen LogP contribution in [0.2, 0.25) is 5.02 Å². The molecule has 7 N–H and O–H groups in total. The SMILES string of the molecule is C=C1C=C(c2cc(Cl)ccc2N(N)/C=C(\N)Cl)CCN1C(Cc1ccc(NC(=O)C2CC2)cc1)C(=O)Nc1ccc(C(=O)O)cc1. The third-order valence-electron chi connectivity index (χ3n) is 7.85. The zero-order chi connectivity index (χ0) is 33.0. The Labute approximate surface area is 276 Å². The van der Waals surface area contributed by atoms with E-state index in [1.54, 1.807) is 30.3 Å². The fourth-order valence-electron chi connectivity index (χ4n) is 5.31. The van der Waals surface area contributed by atoms with Crippen LogP contribution in [0.4, 0.5) is 17.1 Å². The van der Waals surface area contributed by atoms with Gasteiger partial charge in [0.1, 0.15) is 11.2 Å². The summed E-state index contributed by atoms with van der Waals surface area (Å²) in [5.74, 6) is 5.00. The summed E-state index contributed by atoms with van der Waals surface area (Å²) in [5.41, 5.74) is 10.7. The number of amides is 2. The molecule has 12 heteroatoms. The first kappa shape index (κ1) is 32.6. The summed E-state index contributed by atoms with van der Waals surface area (Å²) < 4.78 is 0. The molecule has 46 heavy (non-hydrogen) atoms. The van der Waals surface area contributed by atoms with Crippen LogP contribution in [0.25, 0.3) is 5.57 Å². The summed E-state index contributed by atoms with van der Waals surface area (Å²) in [5, 5.41) is 17.0. The average molecular weight is 662 g/mol. The molecule has 2 amide bonds. The van der Waals surface area contributed by atoms with Gasteiger partial charge in [0.15, 0.2) is 0 Å². The summed E-state index contributed by atoms with van der Waals surface area (Å²) in [7, 11) is 0. The van der Waals surface area contributed by atoms with E-state index in [2.05, 4.69) is 17.2 Å². The molecule has 1 aliphatic heterocycles. The van der Waals surface area contributed by atoms with E-state index in [0.29, 0.717) is 47.2 Å². The minimum absolute atomic E-state index is 0.0152. The molecule has 1 saturated carbocycles. The highest BCUT2D eigenvalue weighted by molar-refractivity contribution is 6.31. The normalized spacial score (nSPS) is 15.5. The summed E-state index contributed by atoms with van der Waals surface area (Å²) in [6.45, 7) is 4.75. The number of carboxylic acid groups (broad SMARTS) is 1. The Kier molecular flexibility index (Phi) is 10.0. The van der Waals surface area contributed by atoms with Crippen LogP contribution in [0.3, 0.4) is 0 Å². The topological polar surface area (TPSA) is 154 Å². The molecule has 1 atom stereocenters. The van der Waals surface area contributed by atoms with Gasteiger partial charge in [0.05, 0.1) is 17.5 Å². The van der Waals surface area contributed by atoms with Gasteiger partial charge in [-0.05, 0) is 91.1 Å². The maximum Gasteiger partial charge on any atom is 0.335 e. The first-order chi connectivity index (χ1) is 22.0. The minimum Gasteiger partial charge on any atom is -0.478 e. The Hall–Kier alpha value is -4.77. The average Bonchev–Trinajstić information content (AvgIpc) is 3.87. The molecule has 5 rings (SSSR count). The Bertz CT molecular complexity index is 1710. The van der Waals surface area contributed by atoms with E-state index in [9.17, 15) is 19.5 Å². The van der Waals surface area contributed by atoms with Gasteiger partial charge in [0, 0.05) is 46.5 Å². The summed E-state index contributed by atoms with van der Waals surface area (Å²) in [6.07, 6.45) is 6.01. The van der Waals surface area contributed by atoms with Crippen molar-refractivity contribution in [2.24, 2.45) is 17.5 Å². The summed E-state index contributed by atoms with van der Waals surface area (Å²) >= 11 is 12.2. The van der Waals surface area contributed by atoms with Crippen molar-refractivity contribution >= 4 is 63.6 Å². The number of nitrogens with zero attached hydrogens (tertiary/aromatic N) is 2. The maximum atomic E-state index is 13.9. The number of carbonyl (C=O) groups is 3. The number of hydrogen-bond donors (Lipinski definition) is 5. The quantitative estimate of drug-likeness (QED) is 0.0965. The van der Waals surface area contributed by atoms with Crippen LogP contribution in [-0.2, 0) is 16.0 Å². The second kappa shape index (κ2) is 14.1. The van der Waals surface area contributed by atoms with Crippen molar-refractivity contribution in [2.75, 3.05) is 22.2 Å². The predicted molar refractivity (Wildman–Crippen MR) is 182 cm³/mol. The molecule has 0 bridgehead atoms. The van der Waals surface area contributed by atoms with Crippen LogP contribution in [0, 0.1) is 5.92 Å². The lowest BCUT2D eigenvalue weighted by Gasteiger charge is -2.37.